The average molecular weight is 340 g/mol. The molecule has 5 nitrogen and oxygen atoms in total. The van der Waals surface area contributed by atoms with Crippen molar-refractivity contribution in [1.29, 1.82) is 0 Å². The third-order valence-electron chi connectivity index (χ3n) is 6.92. The van der Waals surface area contributed by atoms with Gasteiger partial charge in [0.15, 0.2) is 0 Å². The third-order valence-corrected chi connectivity index (χ3v) is 6.92. The molecule has 2 saturated carbocycles. The molecule has 1 aromatic carbocycles. The van der Waals surface area contributed by atoms with Crippen LogP contribution in [0, 0.1) is 5.92 Å². The van der Waals surface area contributed by atoms with Crippen LogP contribution in [-0.4, -0.2) is 42.1 Å². The Morgan fingerprint density at radius 3 is 2.60 bits per heavy atom. The van der Waals surface area contributed by atoms with Crippen LogP contribution in [0.4, 0.5) is 4.79 Å². The van der Waals surface area contributed by atoms with Gasteiger partial charge in [-0.1, -0.05) is 18.2 Å². The highest BCUT2D eigenvalue weighted by atomic mass is 16.6. The molecule has 0 bridgehead atoms. The number of likely N-dealkylation sites (N-methyl/N-ethyl adjacent to an activating group) is 1. The third kappa shape index (κ3) is 2.28. The van der Waals surface area contributed by atoms with Crippen molar-refractivity contribution in [3.05, 3.63) is 34.9 Å². The number of benzene rings is 1. The molecule has 1 saturated heterocycles. The number of aryl methyl sites for hydroxylation is 2. The van der Waals surface area contributed by atoms with E-state index in [-0.39, 0.29) is 23.5 Å². The average Bonchev–Trinajstić information content (AvgIpc) is 2.79. The van der Waals surface area contributed by atoms with Gasteiger partial charge in [0.1, 0.15) is 6.61 Å². The fraction of sp³-hybridized carbons (Fsp3) is 0.600. The van der Waals surface area contributed by atoms with Gasteiger partial charge in [-0.2, -0.15) is 0 Å². The van der Waals surface area contributed by atoms with E-state index in [0.717, 1.165) is 25.7 Å². The first-order chi connectivity index (χ1) is 12.0. The van der Waals surface area contributed by atoms with Crippen molar-refractivity contribution < 1.29 is 14.3 Å². The van der Waals surface area contributed by atoms with E-state index in [1.54, 1.807) is 11.9 Å². The highest BCUT2D eigenvalue weighted by Crippen LogP contribution is 2.46. The standard InChI is InChI=1S/C20H24N2O3/c1-22-19(24)25-11-20(22)9-16(10-20)18(23)21-17-7-15(8-17)14-5-3-12-2-4-13(12)6-14/h3,5-6,15-17H,2,4,7-11H2,1H3,(H,21,23). The van der Waals surface area contributed by atoms with Crippen molar-refractivity contribution in [3.8, 4) is 0 Å². The number of fused-ring (bicyclic) bond motifs is 1. The van der Waals surface area contributed by atoms with E-state index in [1.165, 1.54) is 29.5 Å². The highest BCUT2D eigenvalue weighted by molar-refractivity contribution is 5.81. The Balaban J connectivity index is 1.11. The predicted molar refractivity (Wildman–Crippen MR) is 92.3 cm³/mol. The number of carbonyl (C=O) groups is 2. The lowest BCUT2D eigenvalue weighted by Crippen LogP contribution is -2.59. The van der Waals surface area contributed by atoms with E-state index >= 15 is 0 Å². The fourth-order valence-electron chi connectivity index (χ4n) is 4.81. The zero-order valence-electron chi connectivity index (χ0n) is 14.6. The molecule has 1 aromatic rings. The van der Waals surface area contributed by atoms with Crippen molar-refractivity contribution in [2.45, 2.75) is 56.0 Å². The number of hydrogen-bond donors (Lipinski definition) is 1. The smallest absolute Gasteiger partial charge is 0.410 e. The number of ether oxygens (including phenoxy) is 1. The monoisotopic (exact) mass is 340 g/mol. The van der Waals surface area contributed by atoms with Crippen molar-refractivity contribution >= 4 is 12.0 Å². The number of amides is 2. The Bertz CT molecular complexity index is 747. The molecule has 2 amide bonds. The van der Waals surface area contributed by atoms with E-state index in [0.29, 0.717) is 18.6 Å². The summed E-state index contributed by atoms with van der Waals surface area (Å²) in [6.45, 7) is 0.427. The lowest BCUT2D eigenvalue weighted by Gasteiger charge is -2.47. The molecule has 4 aliphatic rings. The van der Waals surface area contributed by atoms with Crippen LogP contribution >= 0.6 is 0 Å². The topological polar surface area (TPSA) is 58.6 Å². The number of nitrogens with zero attached hydrogens (tertiary/aromatic N) is 1. The van der Waals surface area contributed by atoms with Gasteiger partial charge in [-0.25, -0.2) is 4.79 Å². The second-order valence-electron chi connectivity index (χ2n) is 8.35. The van der Waals surface area contributed by atoms with Gasteiger partial charge in [-0.3, -0.25) is 4.79 Å². The molecule has 132 valence electrons. The summed E-state index contributed by atoms with van der Waals surface area (Å²) in [6, 6.07) is 7.21. The molecule has 0 radical (unpaired) electrons. The summed E-state index contributed by atoms with van der Waals surface area (Å²) in [5, 5.41) is 3.21. The molecular weight excluding hydrogens is 316 g/mol. The summed E-state index contributed by atoms with van der Waals surface area (Å²) in [6.07, 6.45) is 5.73. The molecule has 1 spiro atoms. The Hall–Kier alpha value is -2.04. The Labute approximate surface area is 147 Å². The molecule has 1 heterocycles. The van der Waals surface area contributed by atoms with E-state index in [2.05, 4.69) is 23.5 Å². The quantitative estimate of drug-likeness (QED) is 0.919. The molecular formula is C20H24N2O3. The van der Waals surface area contributed by atoms with Crippen LogP contribution < -0.4 is 5.32 Å². The Kier molecular flexibility index (Phi) is 3.19. The minimum Gasteiger partial charge on any atom is -0.447 e. The number of rotatable bonds is 3. The SMILES string of the molecule is CN1C(=O)OCC12CC(C(=O)NC1CC(c3ccc4c(c3)CC4)C1)C2. The number of nitrogens with one attached hydrogen (secondary N) is 1. The molecule has 3 aliphatic carbocycles. The maximum Gasteiger partial charge on any atom is 0.410 e. The van der Waals surface area contributed by atoms with Crippen LogP contribution in [0.25, 0.3) is 0 Å². The molecule has 0 unspecified atom stereocenters. The zero-order chi connectivity index (χ0) is 17.2. The molecule has 1 aliphatic heterocycles. The number of carbonyl (C=O) groups excluding carboxylic acids is 2. The summed E-state index contributed by atoms with van der Waals surface area (Å²) in [7, 11) is 1.77. The van der Waals surface area contributed by atoms with Gasteiger partial charge in [0.2, 0.25) is 5.91 Å². The first-order valence-corrected chi connectivity index (χ1v) is 9.37. The van der Waals surface area contributed by atoms with Gasteiger partial charge in [-0.15, -0.1) is 0 Å². The second-order valence-corrected chi connectivity index (χ2v) is 8.35. The molecule has 0 atom stereocenters. The molecule has 1 N–H and O–H groups in total. The van der Waals surface area contributed by atoms with Gasteiger partial charge in [0.05, 0.1) is 5.54 Å². The Morgan fingerprint density at radius 1 is 1.24 bits per heavy atom. The van der Waals surface area contributed by atoms with Gasteiger partial charge in [0.25, 0.3) is 0 Å². The van der Waals surface area contributed by atoms with Crippen molar-refractivity contribution in [2.75, 3.05) is 13.7 Å². The number of cyclic esters (lactones) is 1. The van der Waals surface area contributed by atoms with Crippen molar-refractivity contribution in [2.24, 2.45) is 5.92 Å². The minimum atomic E-state index is -0.265. The van der Waals surface area contributed by atoms with Crippen LogP contribution in [0.2, 0.25) is 0 Å². The van der Waals surface area contributed by atoms with E-state index in [4.69, 9.17) is 4.74 Å². The molecule has 3 fully saturated rings. The Morgan fingerprint density at radius 2 is 2.00 bits per heavy atom. The van der Waals surface area contributed by atoms with Crippen LogP contribution in [0.1, 0.15) is 48.3 Å². The normalized spacial score (nSPS) is 35.3. The summed E-state index contributed by atoms with van der Waals surface area (Å²) in [5.41, 5.74) is 4.23. The molecule has 5 rings (SSSR count). The number of hydrogen-bond acceptors (Lipinski definition) is 3. The summed E-state index contributed by atoms with van der Waals surface area (Å²) >= 11 is 0. The summed E-state index contributed by atoms with van der Waals surface area (Å²) in [5.74, 6) is 0.766. The summed E-state index contributed by atoms with van der Waals surface area (Å²) in [4.78, 5) is 25.6. The zero-order valence-corrected chi connectivity index (χ0v) is 14.6. The maximum atomic E-state index is 12.5. The maximum absolute atomic E-state index is 12.5. The largest absolute Gasteiger partial charge is 0.447 e. The molecule has 0 aromatic heterocycles. The van der Waals surface area contributed by atoms with Crippen LogP contribution in [0.15, 0.2) is 18.2 Å². The lowest BCUT2D eigenvalue weighted by atomic mass is 9.67. The molecule has 5 heteroatoms. The second kappa shape index (κ2) is 5.23. The van der Waals surface area contributed by atoms with Gasteiger partial charge < -0.3 is 15.0 Å². The van der Waals surface area contributed by atoms with E-state index in [9.17, 15) is 9.59 Å². The minimum absolute atomic E-state index is 0.0208. The highest BCUT2D eigenvalue weighted by Gasteiger charge is 2.56. The lowest BCUT2D eigenvalue weighted by molar-refractivity contribution is -0.133. The van der Waals surface area contributed by atoms with Crippen LogP contribution in [0.3, 0.4) is 0 Å². The van der Waals surface area contributed by atoms with E-state index in [1.807, 2.05) is 0 Å². The van der Waals surface area contributed by atoms with Crippen molar-refractivity contribution in [3.63, 3.8) is 0 Å². The van der Waals surface area contributed by atoms with E-state index < -0.39 is 0 Å². The first-order valence-electron chi connectivity index (χ1n) is 9.37. The van der Waals surface area contributed by atoms with Gasteiger partial charge in [0, 0.05) is 19.0 Å². The molecule has 25 heavy (non-hydrogen) atoms. The summed E-state index contributed by atoms with van der Waals surface area (Å²) < 4.78 is 5.11. The van der Waals surface area contributed by atoms with Crippen molar-refractivity contribution in [1.82, 2.24) is 10.2 Å². The van der Waals surface area contributed by atoms with Crippen LogP contribution in [0.5, 0.6) is 0 Å². The van der Waals surface area contributed by atoms with Crippen LogP contribution in [-0.2, 0) is 22.4 Å². The fourth-order valence-corrected chi connectivity index (χ4v) is 4.81. The van der Waals surface area contributed by atoms with Gasteiger partial charge in [-0.05, 0) is 61.1 Å². The van der Waals surface area contributed by atoms with Gasteiger partial charge >= 0.3 is 6.09 Å². The predicted octanol–water partition coefficient (Wildman–Crippen LogP) is 2.38. The first kappa shape index (κ1) is 15.2.